The normalized spacial score (nSPS) is 11.4. The van der Waals surface area contributed by atoms with Crippen LogP contribution in [-0.4, -0.2) is 57.1 Å². The van der Waals surface area contributed by atoms with Crippen LogP contribution in [0, 0.1) is 13.8 Å². The van der Waals surface area contributed by atoms with Crippen molar-refractivity contribution >= 4 is 57.6 Å². The van der Waals surface area contributed by atoms with E-state index in [-0.39, 0.29) is 11.8 Å². The molecule has 4 heterocycles. The van der Waals surface area contributed by atoms with Crippen molar-refractivity contribution in [1.82, 2.24) is 33.4 Å². The molecule has 6 N–H and O–H groups in total. The fourth-order valence-electron chi connectivity index (χ4n) is 6.16. The Morgan fingerprint density at radius 1 is 0.700 bits per heavy atom. The number of fused-ring (bicyclic) bond motifs is 2. The molecule has 4 amide bonds. The summed E-state index contributed by atoms with van der Waals surface area (Å²) in [6.45, 7) is 9.73. The molecule has 6 rings (SSSR count). The second kappa shape index (κ2) is 13.7. The number of aryl methyl sites for hydroxylation is 6. The van der Waals surface area contributed by atoms with Crippen molar-refractivity contribution < 1.29 is 19.2 Å². The molecule has 0 aliphatic carbocycles. The topological polar surface area (TPSA) is 203 Å². The second-order valence-electron chi connectivity index (χ2n) is 12.1. The lowest BCUT2D eigenvalue weighted by molar-refractivity contribution is 0.0992. The number of nitrogens with two attached hydrogens (primary N) is 2. The molecule has 0 fully saturated rings. The van der Waals surface area contributed by atoms with Crippen molar-refractivity contribution in [2.24, 2.45) is 11.5 Å². The van der Waals surface area contributed by atoms with Gasteiger partial charge in [-0.15, -0.1) is 0 Å². The van der Waals surface area contributed by atoms with Crippen molar-refractivity contribution in [2.75, 3.05) is 10.6 Å². The van der Waals surface area contributed by atoms with Crippen LogP contribution in [-0.2, 0) is 26.2 Å². The molecule has 0 unspecified atom stereocenters. The molecule has 0 spiro atoms. The van der Waals surface area contributed by atoms with E-state index in [1.807, 2.05) is 53.7 Å². The van der Waals surface area contributed by atoms with Crippen molar-refractivity contribution in [3.63, 3.8) is 0 Å². The number of rotatable bonds is 13. The highest BCUT2D eigenvalue weighted by Gasteiger charge is 2.21. The van der Waals surface area contributed by atoms with Crippen LogP contribution in [0.2, 0.25) is 0 Å². The molecule has 0 radical (unpaired) electrons. The van der Waals surface area contributed by atoms with Crippen molar-refractivity contribution in [3.8, 4) is 0 Å². The lowest BCUT2D eigenvalue weighted by Gasteiger charge is -2.13. The highest BCUT2D eigenvalue weighted by Crippen LogP contribution is 2.25. The van der Waals surface area contributed by atoms with E-state index in [1.165, 1.54) is 0 Å². The molecule has 0 saturated carbocycles. The fraction of sp³-hybridized carbons (Fsp3) is 0.286. The Morgan fingerprint density at radius 3 is 1.70 bits per heavy atom. The maximum atomic E-state index is 13.4. The molecule has 0 aliphatic rings. The minimum Gasteiger partial charge on any atom is -0.366 e. The summed E-state index contributed by atoms with van der Waals surface area (Å²) in [6, 6.07) is 13.6. The standard InChI is InChI=1S/C35H39N11O4/c1-5-43-19-20(3)15-28(43)32(49)40-34-38-24-17-22(30(36)47)9-11-26(24)44(34)13-7-8-14-45-27-12-10-23(31(37)48)18-25(27)39-35(45)41-33(50)29-16-21(4)42-46(29)6-2/h9-12,15-19H,5-8,13-14H2,1-4H3,(H2,36,47)(H2,37,48)(H,38,40,49)(H,39,41,50). The number of aromatic nitrogens is 7. The molecule has 15 nitrogen and oxygen atoms in total. The number of nitrogens with zero attached hydrogens (tertiary/aromatic N) is 7. The smallest absolute Gasteiger partial charge is 0.276 e. The molecular formula is C35H39N11O4. The predicted octanol–water partition coefficient (Wildman–Crippen LogP) is 4.22. The molecule has 15 heteroatoms. The molecule has 0 atom stereocenters. The first-order chi connectivity index (χ1) is 24.0. The Hall–Kier alpha value is -6.25. The first-order valence-corrected chi connectivity index (χ1v) is 16.4. The van der Waals surface area contributed by atoms with Crippen molar-refractivity contribution in [3.05, 3.63) is 88.5 Å². The highest BCUT2D eigenvalue weighted by atomic mass is 16.2. The number of carbonyl (C=O) groups is 4. The molecule has 0 saturated heterocycles. The molecule has 0 aliphatic heterocycles. The van der Waals surface area contributed by atoms with E-state index < -0.39 is 11.8 Å². The van der Waals surface area contributed by atoms with E-state index in [9.17, 15) is 19.2 Å². The van der Waals surface area contributed by atoms with Gasteiger partial charge in [0.05, 0.1) is 27.8 Å². The number of anilines is 2. The Kier molecular flexibility index (Phi) is 9.22. The van der Waals surface area contributed by atoms with Gasteiger partial charge in [0.1, 0.15) is 11.4 Å². The lowest BCUT2D eigenvalue weighted by Crippen LogP contribution is -2.20. The Bertz CT molecular complexity index is 2130. The van der Waals surface area contributed by atoms with Crippen LogP contribution in [0.15, 0.2) is 54.7 Å². The van der Waals surface area contributed by atoms with E-state index in [0.717, 1.165) is 22.3 Å². The summed E-state index contributed by atoms with van der Waals surface area (Å²) < 4.78 is 7.30. The fourth-order valence-corrected chi connectivity index (χ4v) is 6.16. The van der Waals surface area contributed by atoms with E-state index in [2.05, 4.69) is 25.7 Å². The molecular weight excluding hydrogens is 638 g/mol. The summed E-state index contributed by atoms with van der Waals surface area (Å²) >= 11 is 0. The molecule has 2 aromatic carbocycles. The first kappa shape index (κ1) is 33.6. The van der Waals surface area contributed by atoms with Gasteiger partial charge >= 0.3 is 0 Å². The minimum atomic E-state index is -0.578. The lowest BCUT2D eigenvalue weighted by atomic mass is 10.2. The summed E-state index contributed by atoms with van der Waals surface area (Å²) in [4.78, 5) is 59.9. The first-order valence-electron chi connectivity index (χ1n) is 16.4. The number of amides is 4. The van der Waals surface area contributed by atoms with Gasteiger partial charge in [-0.3, -0.25) is 34.5 Å². The van der Waals surface area contributed by atoms with Crippen LogP contribution < -0.4 is 22.1 Å². The van der Waals surface area contributed by atoms with Gasteiger partial charge in [-0.2, -0.15) is 5.10 Å². The van der Waals surface area contributed by atoms with E-state index in [0.29, 0.717) is 84.5 Å². The molecule has 6 aromatic rings. The third-order valence-electron chi connectivity index (χ3n) is 8.57. The maximum Gasteiger partial charge on any atom is 0.276 e. The Labute approximate surface area is 287 Å². The predicted molar refractivity (Wildman–Crippen MR) is 189 cm³/mol. The third-order valence-corrected chi connectivity index (χ3v) is 8.57. The van der Waals surface area contributed by atoms with Crippen LogP contribution in [0.4, 0.5) is 11.9 Å². The number of hydrogen-bond donors (Lipinski definition) is 4. The zero-order valence-corrected chi connectivity index (χ0v) is 28.4. The van der Waals surface area contributed by atoms with Gasteiger partial charge in [0.15, 0.2) is 0 Å². The summed E-state index contributed by atoms with van der Waals surface area (Å²) in [5, 5.41) is 10.3. The number of nitrogens with one attached hydrogen (secondary N) is 2. The average molecular weight is 678 g/mol. The van der Waals surface area contributed by atoms with Crippen LogP contribution in [0.1, 0.15) is 79.6 Å². The van der Waals surface area contributed by atoms with Gasteiger partial charge in [0.2, 0.25) is 23.7 Å². The number of primary amides is 2. The highest BCUT2D eigenvalue weighted by molar-refractivity contribution is 6.04. The van der Waals surface area contributed by atoms with Crippen LogP contribution >= 0.6 is 0 Å². The summed E-state index contributed by atoms with van der Waals surface area (Å²) in [6.07, 6.45) is 3.20. The molecule has 0 bridgehead atoms. The van der Waals surface area contributed by atoms with Crippen molar-refractivity contribution in [2.45, 2.75) is 66.7 Å². The van der Waals surface area contributed by atoms with Gasteiger partial charge in [-0.1, -0.05) is 0 Å². The number of hydrogen-bond acceptors (Lipinski definition) is 7. The number of unbranched alkanes of at least 4 members (excludes halogenated alkanes) is 1. The van der Waals surface area contributed by atoms with Gasteiger partial charge in [-0.05, 0) is 94.6 Å². The molecule has 258 valence electrons. The number of benzene rings is 2. The maximum absolute atomic E-state index is 13.4. The van der Waals surface area contributed by atoms with Gasteiger partial charge < -0.3 is 25.2 Å². The Morgan fingerprint density at radius 2 is 1.22 bits per heavy atom. The Balaban J connectivity index is 1.27. The molecule has 50 heavy (non-hydrogen) atoms. The third kappa shape index (κ3) is 6.57. The van der Waals surface area contributed by atoms with Gasteiger partial charge in [0.25, 0.3) is 11.8 Å². The zero-order chi connectivity index (χ0) is 35.7. The molecule has 4 aromatic heterocycles. The van der Waals surface area contributed by atoms with Gasteiger partial charge in [-0.25, -0.2) is 9.97 Å². The monoisotopic (exact) mass is 677 g/mol. The minimum absolute atomic E-state index is 0.299. The number of imidazole rings is 2. The quantitative estimate of drug-likeness (QED) is 0.131. The van der Waals surface area contributed by atoms with E-state index in [1.54, 1.807) is 47.1 Å². The van der Waals surface area contributed by atoms with Crippen LogP contribution in [0.25, 0.3) is 22.1 Å². The van der Waals surface area contributed by atoms with Crippen LogP contribution in [0.5, 0.6) is 0 Å². The second-order valence-corrected chi connectivity index (χ2v) is 12.1. The average Bonchev–Trinajstić information content (AvgIpc) is 3.84. The zero-order valence-electron chi connectivity index (χ0n) is 28.4. The largest absolute Gasteiger partial charge is 0.366 e. The van der Waals surface area contributed by atoms with E-state index >= 15 is 0 Å². The summed E-state index contributed by atoms with van der Waals surface area (Å²) in [7, 11) is 0. The van der Waals surface area contributed by atoms with Crippen LogP contribution in [0.3, 0.4) is 0 Å². The number of carbonyl (C=O) groups excluding carboxylic acids is 4. The SMILES string of the molecule is CCn1cc(C)cc1C(=O)Nc1nc2cc(C(N)=O)ccc2n1CCCCn1c(NC(=O)c2cc(C)nn2CC)nc2cc(C(N)=O)ccc21. The van der Waals surface area contributed by atoms with Gasteiger partial charge in [0, 0.05) is 43.5 Å². The van der Waals surface area contributed by atoms with E-state index in [4.69, 9.17) is 11.5 Å². The van der Waals surface area contributed by atoms with Crippen molar-refractivity contribution in [1.29, 1.82) is 0 Å². The summed E-state index contributed by atoms with van der Waals surface area (Å²) in [5.41, 5.74) is 16.8. The summed E-state index contributed by atoms with van der Waals surface area (Å²) in [5.74, 6) is -1.14.